The van der Waals surface area contributed by atoms with Gasteiger partial charge in [-0.2, -0.15) is 0 Å². The lowest BCUT2D eigenvalue weighted by molar-refractivity contribution is -0.402. The van der Waals surface area contributed by atoms with Gasteiger partial charge in [-0.1, -0.05) is 0 Å². The van der Waals surface area contributed by atoms with Crippen LogP contribution in [0.5, 0.6) is 11.5 Å². The number of aliphatic hydroxyl groups is 1. The fourth-order valence-corrected chi connectivity index (χ4v) is 3.42. The van der Waals surface area contributed by atoms with E-state index in [4.69, 9.17) is 34.9 Å². The molecule has 3 rings (SSSR count). The van der Waals surface area contributed by atoms with Gasteiger partial charge >= 0.3 is 0 Å². The van der Waals surface area contributed by atoms with Crippen molar-refractivity contribution in [1.82, 2.24) is 14.9 Å². The first-order chi connectivity index (χ1) is 14.4. The highest BCUT2D eigenvalue weighted by Crippen LogP contribution is 2.35. The molecular formula is C19H28N5O6-. The molecule has 1 aromatic heterocycles. The summed E-state index contributed by atoms with van der Waals surface area (Å²) in [7, 11) is 3.28. The van der Waals surface area contributed by atoms with Crippen molar-refractivity contribution >= 4 is 16.7 Å². The number of aromatic nitrogens is 2. The lowest BCUT2D eigenvalue weighted by Crippen LogP contribution is -2.47. The molecule has 0 radical (unpaired) electrons. The highest BCUT2D eigenvalue weighted by Gasteiger charge is 2.21. The monoisotopic (exact) mass is 422 g/mol. The minimum absolute atomic E-state index is 0.275. The predicted molar refractivity (Wildman–Crippen MR) is 113 cm³/mol. The Morgan fingerprint density at radius 3 is 2.23 bits per heavy atom. The first-order valence-corrected chi connectivity index (χ1v) is 9.69. The minimum atomic E-state index is -1.75. The fraction of sp³-hybridized carbons (Fsp3) is 0.579. The first-order valence-electron chi connectivity index (χ1n) is 9.69. The molecule has 0 saturated carbocycles. The zero-order chi connectivity index (χ0) is 22.1. The van der Waals surface area contributed by atoms with Crippen molar-refractivity contribution in [3.8, 4) is 11.5 Å². The molecule has 166 valence electrons. The van der Waals surface area contributed by atoms with E-state index in [9.17, 15) is 0 Å². The van der Waals surface area contributed by atoms with E-state index in [1.54, 1.807) is 14.2 Å². The number of piperazine rings is 1. The van der Waals surface area contributed by atoms with Crippen molar-refractivity contribution in [2.24, 2.45) is 0 Å². The largest absolute Gasteiger partial charge is 0.493 e. The normalized spacial score (nSPS) is 14.2. The Hall–Kier alpha value is -2.92. The Morgan fingerprint density at radius 1 is 1.07 bits per heavy atom. The van der Waals surface area contributed by atoms with Gasteiger partial charge in [0.1, 0.15) is 11.6 Å². The van der Waals surface area contributed by atoms with E-state index in [1.807, 2.05) is 19.1 Å². The van der Waals surface area contributed by atoms with E-state index in [-0.39, 0.29) is 6.61 Å². The van der Waals surface area contributed by atoms with Crippen LogP contribution in [-0.2, 0) is 0 Å². The Morgan fingerprint density at radius 2 is 1.67 bits per heavy atom. The third-order valence-corrected chi connectivity index (χ3v) is 4.85. The minimum Gasteiger partial charge on any atom is -0.493 e. The topological polar surface area (TPSA) is 137 Å². The smallest absolute Gasteiger partial charge is 0.162 e. The van der Waals surface area contributed by atoms with Crippen molar-refractivity contribution in [2.45, 2.75) is 19.8 Å². The highest BCUT2D eigenvalue weighted by molar-refractivity contribution is 5.92. The van der Waals surface area contributed by atoms with E-state index in [1.165, 1.54) is 0 Å². The second-order valence-electron chi connectivity index (χ2n) is 6.80. The number of hydrogen-bond donors (Lipinski definition) is 1. The van der Waals surface area contributed by atoms with Gasteiger partial charge in [-0.05, 0) is 32.4 Å². The third kappa shape index (κ3) is 6.29. The third-order valence-electron chi connectivity index (χ3n) is 4.85. The summed E-state index contributed by atoms with van der Waals surface area (Å²) in [5, 5.41) is 24.7. The van der Waals surface area contributed by atoms with Crippen LogP contribution in [0, 0.1) is 22.2 Å². The molecule has 30 heavy (non-hydrogen) atoms. The fourth-order valence-electron chi connectivity index (χ4n) is 3.42. The number of anilines is 1. The van der Waals surface area contributed by atoms with E-state index in [2.05, 4.69) is 14.8 Å². The molecule has 0 aliphatic carbocycles. The maximum absolute atomic E-state index is 8.93. The summed E-state index contributed by atoms with van der Waals surface area (Å²) in [6.07, 6.45) is 1.92. The zero-order valence-electron chi connectivity index (χ0n) is 17.5. The second-order valence-corrected chi connectivity index (χ2v) is 6.80. The number of aryl methyl sites for hydroxylation is 1. The Kier molecular flexibility index (Phi) is 8.81. The highest BCUT2D eigenvalue weighted by atomic mass is 16.9. The number of benzene rings is 1. The van der Waals surface area contributed by atoms with E-state index < -0.39 is 5.09 Å². The SMILES string of the molecule is COc1cc2nc(C)nc(N3CCN(CCCCO)CC3)c2cc1OC.O=[N+]([O-])[O-]. The van der Waals surface area contributed by atoms with Crippen LogP contribution < -0.4 is 14.4 Å². The molecule has 2 heterocycles. The van der Waals surface area contributed by atoms with Gasteiger partial charge in [0.05, 0.1) is 24.8 Å². The molecule has 1 aromatic carbocycles. The molecule has 1 N–H and O–H groups in total. The van der Waals surface area contributed by atoms with E-state index in [0.717, 1.165) is 68.1 Å². The number of nitrogens with zero attached hydrogens (tertiary/aromatic N) is 5. The van der Waals surface area contributed by atoms with Gasteiger partial charge in [-0.3, -0.25) is 4.90 Å². The summed E-state index contributed by atoms with van der Waals surface area (Å²) in [5.41, 5.74) is 0.871. The summed E-state index contributed by atoms with van der Waals surface area (Å²) in [5.74, 6) is 3.09. The van der Waals surface area contributed by atoms with Gasteiger partial charge in [0.25, 0.3) is 0 Å². The molecule has 2 aromatic rings. The molecule has 1 aliphatic rings. The molecule has 1 fully saturated rings. The van der Waals surface area contributed by atoms with Crippen molar-refractivity contribution < 1.29 is 19.7 Å². The summed E-state index contributed by atoms with van der Waals surface area (Å²) < 4.78 is 10.9. The van der Waals surface area contributed by atoms with Crippen LogP contribution in [0.1, 0.15) is 18.7 Å². The van der Waals surface area contributed by atoms with Crippen molar-refractivity contribution in [3.63, 3.8) is 0 Å². The van der Waals surface area contributed by atoms with Gasteiger partial charge < -0.3 is 34.8 Å². The summed E-state index contributed by atoms with van der Waals surface area (Å²) >= 11 is 0. The number of hydrogen-bond acceptors (Lipinski definition) is 10. The standard InChI is InChI=1S/C19H28N4O3.NO3/c1-14-20-16-13-18(26-3)17(25-2)12-15(16)19(21-14)23-9-7-22(8-10-23)6-4-5-11-24;2-1(3)4/h12-13,24H,4-11H2,1-3H3;/q;-1. The van der Waals surface area contributed by atoms with Crippen LogP contribution in [0.4, 0.5) is 5.82 Å². The molecule has 0 spiro atoms. The molecular weight excluding hydrogens is 394 g/mol. The zero-order valence-corrected chi connectivity index (χ0v) is 17.5. The van der Waals surface area contributed by atoms with Crippen molar-refractivity contribution in [2.75, 3.05) is 58.5 Å². The lowest BCUT2D eigenvalue weighted by Gasteiger charge is -2.36. The summed E-state index contributed by atoms with van der Waals surface area (Å²) in [4.78, 5) is 22.3. The molecule has 0 amide bonds. The van der Waals surface area contributed by atoms with Crippen LogP contribution >= 0.6 is 0 Å². The number of fused-ring (bicyclic) bond motifs is 1. The van der Waals surface area contributed by atoms with Crippen molar-refractivity contribution in [1.29, 1.82) is 0 Å². The molecule has 11 heteroatoms. The number of methoxy groups -OCH3 is 2. The van der Waals surface area contributed by atoms with Gasteiger partial charge in [0.15, 0.2) is 11.5 Å². The molecule has 1 saturated heterocycles. The number of aliphatic hydroxyl groups excluding tert-OH is 1. The van der Waals surface area contributed by atoms with Gasteiger partial charge in [0.2, 0.25) is 0 Å². The summed E-state index contributed by atoms with van der Waals surface area (Å²) in [6, 6.07) is 3.88. The van der Waals surface area contributed by atoms with Gasteiger partial charge in [0, 0.05) is 44.2 Å². The molecule has 1 aliphatic heterocycles. The average Bonchev–Trinajstić information content (AvgIpc) is 2.72. The van der Waals surface area contributed by atoms with E-state index >= 15 is 0 Å². The van der Waals surface area contributed by atoms with Crippen molar-refractivity contribution in [3.05, 3.63) is 33.3 Å². The van der Waals surface area contributed by atoms with E-state index in [0.29, 0.717) is 11.5 Å². The molecule has 11 nitrogen and oxygen atoms in total. The quantitative estimate of drug-likeness (QED) is 0.398. The number of unbranched alkanes of at least 4 members (excludes halogenated alkanes) is 1. The molecule has 0 unspecified atom stereocenters. The summed E-state index contributed by atoms with van der Waals surface area (Å²) in [6.45, 7) is 7.11. The van der Waals surface area contributed by atoms with Crippen LogP contribution in [0.3, 0.4) is 0 Å². The number of ether oxygens (including phenoxy) is 2. The molecule has 0 bridgehead atoms. The molecule has 0 atom stereocenters. The average molecular weight is 422 g/mol. The predicted octanol–water partition coefficient (Wildman–Crippen LogP) is 1.61. The second kappa shape index (κ2) is 11.3. The number of rotatable bonds is 7. The van der Waals surface area contributed by atoms with Crippen LogP contribution in [0.25, 0.3) is 10.9 Å². The van der Waals surface area contributed by atoms with Gasteiger partial charge in [-0.15, -0.1) is 0 Å². The Balaban J connectivity index is 0.000000735. The Labute approximate surface area is 175 Å². The van der Waals surface area contributed by atoms with Crippen LogP contribution in [0.2, 0.25) is 0 Å². The Bertz CT molecular complexity index is 838. The maximum Gasteiger partial charge on any atom is 0.162 e. The maximum atomic E-state index is 8.93. The first kappa shape index (κ1) is 23.4. The lowest BCUT2D eigenvalue weighted by atomic mass is 10.1. The van der Waals surface area contributed by atoms with Crippen LogP contribution in [-0.4, -0.2) is 78.6 Å². The van der Waals surface area contributed by atoms with Gasteiger partial charge in [-0.25, -0.2) is 9.97 Å². The van der Waals surface area contributed by atoms with Crippen LogP contribution in [0.15, 0.2) is 12.1 Å².